The first-order valence-corrected chi connectivity index (χ1v) is 6.31. The zero-order valence-corrected chi connectivity index (χ0v) is 11.8. The van der Waals surface area contributed by atoms with Crippen LogP contribution < -0.4 is 11.1 Å². The number of hydrogen-bond donors (Lipinski definition) is 2. The van der Waals surface area contributed by atoms with E-state index in [0.717, 1.165) is 15.7 Å². The van der Waals surface area contributed by atoms with Crippen molar-refractivity contribution in [3.05, 3.63) is 28.2 Å². The van der Waals surface area contributed by atoms with Crippen molar-refractivity contribution in [2.75, 3.05) is 25.9 Å². The van der Waals surface area contributed by atoms with Gasteiger partial charge in [-0.1, -0.05) is 22.0 Å². The van der Waals surface area contributed by atoms with Crippen molar-refractivity contribution in [2.24, 2.45) is 0 Å². The molecule has 0 unspecified atom stereocenters. The maximum atomic E-state index is 11.4. The largest absolute Gasteiger partial charge is 0.399 e. The molecule has 0 bridgehead atoms. The van der Waals surface area contributed by atoms with Crippen LogP contribution in [0.25, 0.3) is 0 Å². The lowest BCUT2D eigenvalue weighted by molar-refractivity contribution is -0.121. The second-order valence-electron chi connectivity index (χ2n) is 3.98. The smallest absolute Gasteiger partial charge is 0.234 e. The summed E-state index contributed by atoms with van der Waals surface area (Å²) in [6.45, 7) is 3.68. The Balaban J connectivity index is 2.55. The standard InChI is InChI=1S/C12H18BrN3O/c1-3-15-12(17)8-16(2)7-9-4-5-10(14)6-11(9)13/h4-6H,3,7-8,14H2,1-2H3,(H,15,17). The first-order chi connectivity index (χ1) is 8.02. The molecule has 1 amide bonds. The van der Waals surface area contributed by atoms with Gasteiger partial charge >= 0.3 is 0 Å². The number of carbonyl (C=O) groups excluding carboxylic acids is 1. The Bertz CT molecular complexity index is 395. The van der Waals surface area contributed by atoms with Crippen molar-refractivity contribution < 1.29 is 4.79 Å². The Morgan fingerprint density at radius 1 is 1.53 bits per heavy atom. The van der Waals surface area contributed by atoms with Crippen molar-refractivity contribution in [3.8, 4) is 0 Å². The minimum Gasteiger partial charge on any atom is -0.399 e. The van der Waals surface area contributed by atoms with Crippen LogP contribution in [-0.4, -0.2) is 30.9 Å². The number of likely N-dealkylation sites (N-methyl/N-ethyl adjacent to an activating group) is 2. The SMILES string of the molecule is CCNC(=O)CN(C)Cc1ccc(N)cc1Br. The molecule has 0 aromatic heterocycles. The van der Waals surface area contributed by atoms with E-state index in [0.29, 0.717) is 19.6 Å². The molecule has 3 N–H and O–H groups in total. The van der Waals surface area contributed by atoms with Crippen LogP contribution in [0, 0.1) is 0 Å². The van der Waals surface area contributed by atoms with Crippen LogP contribution in [-0.2, 0) is 11.3 Å². The highest BCUT2D eigenvalue weighted by molar-refractivity contribution is 9.10. The van der Waals surface area contributed by atoms with Gasteiger partial charge in [0.15, 0.2) is 0 Å². The number of nitrogens with one attached hydrogen (secondary N) is 1. The second-order valence-corrected chi connectivity index (χ2v) is 4.83. The maximum Gasteiger partial charge on any atom is 0.234 e. The molecule has 0 aliphatic rings. The summed E-state index contributed by atoms with van der Waals surface area (Å²) in [5, 5.41) is 2.77. The number of nitrogen functional groups attached to an aromatic ring is 1. The lowest BCUT2D eigenvalue weighted by atomic mass is 10.2. The molecule has 0 spiro atoms. The van der Waals surface area contributed by atoms with Crippen LogP contribution in [0.3, 0.4) is 0 Å². The molecule has 17 heavy (non-hydrogen) atoms. The maximum absolute atomic E-state index is 11.4. The summed E-state index contributed by atoms with van der Waals surface area (Å²) in [5.41, 5.74) is 7.52. The second kappa shape index (κ2) is 6.61. The predicted octanol–water partition coefficient (Wildman–Crippen LogP) is 1.60. The lowest BCUT2D eigenvalue weighted by Gasteiger charge is -2.17. The van der Waals surface area contributed by atoms with E-state index in [1.165, 1.54) is 0 Å². The van der Waals surface area contributed by atoms with Crippen LogP contribution in [0.1, 0.15) is 12.5 Å². The summed E-state index contributed by atoms with van der Waals surface area (Å²) < 4.78 is 0.972. The number of amides is 1. The van der Waals surface area contributed by atoms with Crippen molar-refractivity contribution in [1.29, 1.82) is 0 Å². The Morgan fingerprint density at radius 3 is 2.82 bits per heavy atom. The van der Waals surface area contributed by atoms with E-state index in [1.807, 2.05) is 37.1 Å². The zero-order chi connectivity index (χ0) is 12.8. The van der Waals surface area contributed by atoms with E-state index >= 15 is 0 Å². The fourth-order valence-electron chi connectivity index (χ4n) is 1.54. The van der Waals surface area contributed by atoms with Gasteiger partial charge in [0.2, 0.25) is 5.91 Å². The molecule has 0 heterocycles. The number of anilines is 1. The number of halogens is 1. The third-order valence-corrected chi connectivity index (χ3v) is 3.04. The quantitative estimate of drug-likeness (QED) is 0.812. The average Bonchev–Trinajstić information content (AvgIpc) is 2.22. The van der Waals surface area contributed by atoms with E-state index in [9.17, 15) is 4.79 Å². The molecule has 1 rings (SSSR count). The summed E-state index contributed by atoms with van der Waals surface area (Å²) in [6.07, 6.45) is 0. The van der Waals surface area contributed by atoms with Gasteiger partial charge in [0.1, 0.15) is 0 Å². The van der Waals surface area contributed by atoms with Gasteiger partial charge in [-0.2, -0.15) is 0 Å². The predicted molar refractivity (Wildman–Crippen MR) is 73.6 cm³/mol. The molecule has 4 nitrogen and oxygen atoms in total. The van der Waals surface area contributed by atoms with Crippen LogP contribution in [0.5, 0.6) is 0 Å². The van der Waals surface area contributed by atoms with E-state index < -0.39 is 0 Å². The van der Waals surface area contributed by atoms with E-state index in [-0.39, 0.29) is 5.91 Å². The van der Waals surface area contributed by atoms with Gasteiger partial charge < -0.3 is 11.1 Å². The molecule has 0 saturated carbocycles. The number of nitrogens with zero attached hydrogens (tertiary/aromatic N) is 1. The fourth-order valence-corrected chi connectivity index (χ4v) is 2.06. The summed E-state index contributed by atoms with van der Waals surface area (Å²) in [4.78, 5) is 13.4. The third kappa shape index (κ3) is 4.75. The molecule has 5 heteroatoms. The van der Waals surface area contributed by atoms with Gasteiger partial charge in [-0.05, 0) is 31.7 Å². The molecule has 0 atom stereocenters. The van der Waals surface area contributed by atoms with E-state index in [4.69, 9.17) is 5.73 Å². The Kier molecular flexibility index (Phi) is 5.44. The number of carbonyl (C=O) groups is 1. The minimum absolute atomic E-state index is 0.0431. The zero-order valence-electron chi connectivity index (χ0n) is 10.2. The first kappa shape index (κ1) is 14.0. The molecule has 0 aliphatic carbocycles. The Hall–Kier alpha value is -1.07. The van der Waals surface area contributed by atoms with Crippen molar-refractivity contribution in [3.63, 3.8) is 0 Å². The average molecular weight is 300 g/mol. The summed E-state index contributed by atoms with van der Waals surface area (Å²) in [7, 11) is 1.91. The summed E-state index contributed by atoms with van der Waals surface area (Å²) >= 11 is 3.47. The molecular formula is C12H18BrN3O. The molecule has 1 aromatic rings. The van der Waals surface area contributed by atoms with Gasteiger partial charge in [0.25, 0.3) is 0 Å². The van der Waals surface area contributed by atoms with Gasteiger partial charge in [-0.15, -0.1) is 0 Å². The topological polar surface area (TPSA) is 58.4 Å². The fraction of sp³-hybridized carbons (Fsp3) is 0.417. The number of benzene rings is 1. The summed E-state index contributed by atoms with van der Waals surface area (Å²) in [5.74, 6) is 0.0431. The normalized spacial score (nSPS) is 10.6. The van der Waals surface area contributed by atoms with Gasteiger partial charge in [0.05, 0.1) is 6.54 Å². The van der Waals surface area contributed by atoms with Crippen molar-refractivity contribution in [2.45, 2.75) is 13.5 Å². The molecule has 0 saturated heterocycles. The van der Waals surface area contributed by atoms with Crippen LogP contribution in [0.15, 0.2) is 22.7 Å². The Labute approximate surface area is 110 Å². The number of rotatable bonds is 5. The molecule has 0 radical (unpaired) electrons. The monoisotopic (exact) mass is 299 g/mol. The molecular weight excluding hydrogens is 282 g/mol. The molecule has 0 aliphatic heterocycles. The van der Waals surface area contributed by atoms with Crippen LogP contribution in [0.4, 0.5) is 5.69 Å². The first-order valence-electron chi connectivity index (χ1n) is 5.52. The van der Waals surface area contributed by atoms with Gasteiger partial charge in [-0.3, -0.25) is 9.69 Å². The van der Waals surface area contributed by atoms with Gasteiger partial charge in [0, 0.05) is 23.2 Å². The third-order valence-electron chi connectivity index (χ3n) is 2.30. The molecule has 1 aromatic carbocycles. The van der Waals surface area contributed by atoms with Gasteiger partial charge in [-0.25, -0.2) is 0 Å². The van der Waals surface area contributed by atoms with E-state index in [2.05, 4.69) is 21.2 Å². The number of hydrogen-bond acceptors (Lipinski definition) is 3. The molecule has 0 fully saturated rings. The van der Waals surface area contributed by atoms with Crippen LogP contribution in [0.2, 0.25) is 0 Å². The number of nitrogens with two attached hydrogens (primary N) is 1. The minimum atomic E-state index is 0.0431. The highest BCUT2D eigenvalue weighted by Crippen LogP contribution is 2.20. The van der Waals surface area contributed by atoms with Crippen LogP contribution >= 0.6 is 15.9 Å². The molecule has 94 valence electrons. The van der Waals surface area contributed by atoms with Crippen molar-refractivity contribution >= 4 is 27.5 Å². The lowest BCUT2D eigenvalue weighted by Crippen LogP contribution is -2.34. The highest BCUT2D eigenvalue weighted by atomic mass is 79.9. The summed E-state index contributed by atoms with van der Waals surface area (Å²) in [6, 6.07) is 5.70. The highest BCUT2D eigenvalue weighted by Gasteiger charge is 2.08. The van der Waals surface area contributed by atoms with E-state index in [1.54, 1.807) is 0 Å². The Morgan fingerprint density at radius 2 is 2.24 bits per heavy atom. The van der Waals surface area contributed by atoms with Crippen molar-refractivity contribution in [1.82, 2.24) is 10.2 Å².